The van der Waals surface area contributed by atoms with E-state index in [0.29, 0.717) is 36.8 Å². The van der Waals surface area contributed by atoms with Crippen molar-refractivity contribution in [1.29, 1.82) is 0 Å². The number of hydroxylamine groups is 1. The van der Waals surface area contributed by atoms with Gasteiger partial charge >= 0.3 is 0 Å². The van der Waals surface area contributed by atoms with Gasteiger partial charge in [0.15, 0.2) is 0 Å². The summed E-state index contributed by atoms with van der Waals surface area (Å²) in [6.07, 6.45) is 1.57. The summed E-state index contributed by atoms with van der Waals surface area (Å²) in [7, 11) is 3.22. The van der Waals surface area contributed by atoms with Crippen LogP contribution in [0.4, 0.5) is 0 Å². The first-order chi connectivity index (χ1) is 17.0. The zero-order valence-corrected chi connectivity index (χ0v) is 20.4. The van der Waals surface area contributed by atoms with Crippen molar-refractivity contribution in [2.24, 2.45) is 0 Å². The van der Waals surface area contributed by atoms with Gasteiger partial charge in [-0.3, -0.25) is 14.9 Å². The molecule has 7 nitrogen and oxygen atoms in total. The molecule has 1 amide bonds. The standard InChI is InChI=1S/C28H32N2O5/c1-19-21(11-7-12-23(19)20-9-5-4-6-10-20)18-35-22-15-26(33-2)24(27(16-22)34-3)17-30-14-8-13-25(30)28(31)29-32/h4-7,9-12,15-16,25,32H,8,13-14,17-18H2,1-3H3,(H,29,31). The Morgan fingerprint density at radius 3 is 2.43 bits per heavy atom. The van der Waals surface area contributed by atoms with Crippen LogP contribution in [0.5, 0.6) is 17.2 Å². The molecule has 3 aromatic rings. The molecule has 4 rings (SSSR count). The molecule has 0 spiro atoms. The van der Waals surface area contributed by atoms with Gasteiger partial charge in [-0.05, 0) is 48.6 Å². The average Bonchev–Trinajstić information content (AvgIpc) is 3.36. The maximum atomic E-state index is 12.1. The molecule has 1 heterocycles. The summed E-state index contributed by atoms with van der Waals surface area (Å²) in [5.41, 5.74) is 7.25. The zero-order chi connectivity index (χ0) is 24.8. The lowest BCUT2D eigenvalue weighted by molar-refractivity contribution is -0.134. The summed E-state index contributed by atoms with van der Waals surface area (Å²) in [6.45, 7) is 3.73. The predicted molar refractivity (Wildman–Crippen MR) is 134 cm³/mol. The van der Waals surface area contributed by atoms with Crippen LogP contribution < -0.4 is 19.7 Å². The number of ether oxygens (including phenoxy) is 3. The third-order valence-corrected chi connectivity index (χ3v) is 6.64. The molecule has 3 aromatic carbocycles. The topological polar surface area (TPSA) is 80.3 Å². The van der Waals surface area contributed by atoms with E-state index in [0.717, 1.165) is 24.1 Å². The van der Waals surface area contributed by atoms with E-state index in [9.17, 15) is 4.79 Å². The number of nitrogens with one attached hydrogen (secondary N) is 1. The van der Waals surface area contributed by atoms with Crippen LogP contribution in [-0.2, 0) is 17.9 Å². The molecule has 1 fully saturated rings. The number of carbonyl (C=O) groups is 1. The molecule has 184 valence electrons. The molecule has 2 N–H and O–H groups in total. The Kier molecular flexibility index (Phi) is 7.90. The van der Waals surface area contributed by atoms with Gasteiger partial charge in [0, 0.05) is 18.7 Å². The molecule has 1 aliphatic heterocycles. The van der Waals surface area contributed by atoms with Crippen molar-refractivity contribution in [2.45, 2.75) is 39.0 Å². The second-order valence-corrected chi connectivity index (χ2v) is 8.66. The van der Waals surface area contributed by atoms with Crippen molar-refractivity contribution < 1.29 is 24.2 Å². The van der Waals surface area contributed by atoms with Crippen molar-refractivity contribution in [3.05, 3.63) is 77.4 Å². The normalized spacial score (nSPS) is 15.6. The maximum Gasteiger partial charge on any atom is 0.260 e. The van der Waals surface area contributed by atoms with E-state index in [1.165, 1.54) is 16.7 Å². The molecule has 0 aromatic heterocycles. The van der Waals surface area contributed by atoms with E-state index in [-0.39, 0.29) is 6.04 Å². The van der Waals surface area contributed by atoms with Gasteiger partial charge in [-0.1, -0.05) is 48.5 Å². The summed E-state index contributed by atoms with van der Waals surface area (Å²) < 4.78 is 17.5. The predicted octanol–water partition coefficient (Wildman–Crippen LogP) is 4.73. The SMILES string of the molecule is COc1cc(OCc2cccc(-c3ccccc3)c2C)cc(OC)c1CN1CCCC1C(=O)NO. The molecule has 1 unspecified atom stereocenters. The largest absolute Gasteiger partial charge is 0.496 e. The van der Waals surface area contributed by atoms with E-state index in [2.05, 4.69) is 31.2 Å². The fourth-order valence-corrected chi connectivity index (χ4v) is 4.72. The summed E-state index contributed by atoms with van der Waals surface area (Å²) in [4.78, 5) is 14.1. The van der Waals surface area contributed by atoms with Crippen LogP contribution in [0.25, 0.3) is 11.1 Å². The highest BCUT2D eigenvalue weighted by Crippen LogP contribution is 2.37. The van der Waals surface area contributed by atoms with Gasteiger partial charge in [0.2, 0.25) is 0 Å². The lowest BCUT2D eigenvalue weighted by Gasteiger charge is -2.25. The van der Waals surface area contributed by atoms with Gasteiger partial charge < -0.3 is 14.2 Å². The molecule has 0 bridgehead atoms. The number of rotatable bonds is 9. The summed E-state index contributed by atoms with van der Waals surface area (Å²) in [5.74, 6) is 1.50. The molecule has 0 aliphatic carbocycles. The molecular weight excluding hydrogens is 444 g/mol. The smallest absolute Gasteiger partial charge is 0.260 e. The van der Waals surface area contributed by atoms with E-state index in [1.54, 1.807) is 19.7 Å². The lowest BCUT2D eigenvalue weighted by Crippen LogP contribution is -2.41. The van der Waals surface area contributed by atoms with Gasteiger partial charge in [0.05, 0.1) is 25.8 Å². The lowest BCUT2D eigenvalue weighted by atomic mass is 9.97. The molecule has 0 saturated carbocycles. The third-order valence-electron chi connectivity index (χ3n) is 6.64. The van der Waals surface area contributed by atoms with E-state index in [4.69, 9.17) is 19.4 Å². The number of benzene rings is 3. The van der Waals surface area contributed by atoms with Crippen molar-refractivity contribution in [3.63, 3.8) is 0 Å². The second kappa shape index (κ2) is 11.3. The minimum atomic E-state index is -0.395. The van der Waals surface area contributed by atoms with Crippen LogP contribution in [0.2, 0.25) is 0 Å². The number of hydrogen-bond donors (Lipinski definition) is 2. The fourth-order valence-electron chi connectivity index (χ4n) is 4.72. The van der Waals surface area contributed by atoms with Crippen molar-refractivity contribution in [2.75, 3.05) is 20.8 Å². The number of methoxy groups -OCH3 is 2. The minimum Gasteiger partial charge on any atom is -0.496 e. The fraction of sp³-hybridized carbons (Fsp3) is 0.321. The monoisotopic (exact) mass is 476 g/mol. The van der Waals surface area contributed by atoms with E-state index < -0.39 is 5.91 Å². The van der Waals surface area contributed by atoms with Crippen molar-refractivity contribution >= 4 is 5.91 Å². The summed E-state index contributed by atoms with van der Waals surface area (Å²) in [6, 6.07) is 19.9. The highest BCUT2D eigenvalue weighted by molar-refractivity contribution is 5.80. The van der Waals surface area contributed by atoms with Gasteiger partial charge in [0.25, 0.3) is 5.91 Å². The summed E-state index contributed by atoms with van der Waals surface area (Å²) in [5, 5.41) is 9.08. The Labute approximate surface area is 206 Å². The van der Waals surface area contributed by atoms with Crippen LogP contribution >= 0.6 is 0 Å². The third kappa shape index (κ3) is 5.42. The Morgan fingerprint density at radius 1 is 1.06 bits per heavy atom. The van der Waals surface area contributed by atoms with Crippen LogP contribution in [0.3, 0.4) is 0 Å². The van der Waals surface area contributed by atoms with Gasteiger partial charge in [0.1, 0.15) is 23.9 Å². The van der Waals surface area contributed by atoms with Gasteiger partial charge in [-0.2, -0.15) is 0 Å². The molecule has 0 radical (unpaired) electrons. The maximum absolute atomic E-state index is 12.1. The molecule has 1 aliphatic rings. The Balaban J connectivity index is 1.55. The first kappa shape index (κ1) is 24.6. The minimum absolute atomic E-state index is 0.384. The molecule has 7 heteroatoms. The van der Waals surface area contributed by atoms with Crippen molar-refractivity contribution in [3.8, 4) is 28.4 Å². The zero-order valence-electron chi connectivity index (χ0n) is 20.4. The average molecular weight is 477 g/mol. The first-order valence-corrected chi connectivity index (χ1v) is 11.7. The van der Waals surface area contributed by atoms with Gasteiger partial charge in [-0.25, -0.2) is 5.48 Å². The Morgan fingerprint density at radius 2 is 1.77 bits per heavy atom. The van der Waals surface area contributed by atoms with Crippen LogP contribution in [0.15, 0.2) is 60.7 Å². The van der Waals surface area contributed by atoms with Crippen molar-refractivity contribution in [1.82, 2.24) is 10.4 Å². The van der Waals surface area contributed by atoms with Crippen LogP contribution in [0, 0.1) is 6.92 Å². The number of hydrogen-bond acceptors (Lipinski definition) is 6. The highest BCUT2D eigenvalue weighted by Gasteiger charge is 2.32. The highest BCUT2D eigenvalue weighted by atomic mass is 16.5. The summed E-state index contributed by atoms with van der Waals surface area (Å²) >= 11 is 0. The number of amides is 1. The molecule has 1 saturated heterocycles. The quantitative estimate of drug-likeness (QED) is 0.343. The van der Waals surface area contributed by atoms with E-state index in [1.807, 2.05) is 41.3 Å². The number of nitrogens with zero attached hydrogens (tertiary/aromatic N) is 1. The van der Waals surface area contributed by atoms with E-state index >= 15 is 0 Å². The Hall–Kier alpha value is -3.55. The van der Waals surface area contributed by atoms with Crippen LogP contribution in [-0.4, -0.2) is 42.8 Å². The van der Waals surface area contributed by atoms with Crippen LogP contribution in [0.1, 0.15) is 29.5 Å². The first-order valence-electron chi connectivity index (χ1n) is 11.7. The number of likely N-dealkylation sites (tertiary alicyclic amines) is 1. The Bertz CT molecular complexity index is 1140. The number of carbonyl (C=O) groups excluding carboxylic acids is 1. The van der Waals surface area contributed by atoms with Gasteiger partial charge in [-0.15, -0.1) is 0 Å². The molecule has 35 heavy (non-hydrogen) atoms. The molecular formula is C28H32N2O5. The second-order valence-electron chi connectivity index (χ2n) is 8.66. The molecule has 1 atom stereocenters.